The first kappa shape index (κ1) is 15.6. The Hall–Kier alpha value is -1.75. The van der Waals surface area contributed by atoms with Crippen LogP contribution in [0.5, 0.6) is 0 Å². The fraction of sp³-hybridized carbons (Fsp3) is 0.562. The molecule has 1 aliphatic rings. The summed E-state index contributed by atoms with van der Waals surface area (Å²) >= 11 is 0. The molecule has 1 aromatic rings. The number of carbonyl (C=O) groups excluding carboxylic acids is 1. The van der Waals surface area contributed by atoms with Gasteiger partial charge < -0.3 is 21.1 Å². The standard InChI is InChI=1S/C16H25N3O2/c1-11(2)5-7-21-8-6-18-15-9-12-3-4-16(20)19-14(12)10-13(15)17/h9-11,18H,3-8,17H2,1-2H3,(H,19,20). The van der Waals surface area contributed by atoms with Gasteiger partial charge >= 0.3 is 0 Å². The van der Waals surface area contributed by atoms with Gasteiger partial charge in [-0.25, -0.2) is 0 Å². The summed E-state index contributed by atoms with van der Waals surface area (Å²) in [6, 6.07) is 3.85. The highest BCUT2D eigenvalue weighted by molar-refractivity contribution is 5.95. The summed E-state index contributed by atoms with van der Waals surface area (Å²) in [7, 11) is 0. The number of nitrogens with two attached hydrogens (primary N) is 1. The summed E-state index contributed by atoms with van der Waals surface area (Å²) in [5.74, 6) is 0.727. The Morgan fingerprint density at radius 3 is 2.90 bits per heavy atom. The first-order chi connectivity index (χ1) is 10.1. The second-order valence-electron chi connectivity index (χ2n) is 5.87. The van der Waals surface area contributed by atoms with Crippen molar-refractivity contribution in [2.24, 2.45) is 5.92 Å². The Kier molecular flexibility index (Phi) is 5.44. The molecule has 1 amide bonds. The van der Waals surface area contributed by atoms with Gasteiger partial charge in [0, 0.05) is 25.3 Å². The van der Waals surface area contributed by atoms with Gasteiger partial charge in [0.15, 0.2) is 0 Å². The smallest absolute Gasteiger partial charge is 0.224 e. The Balaban J connectivity index is 1.82. The number of aryl methyl sites for hydroxylation is 1. The molecular formula is C16H25N3O2. The van der Waals surface area contributed by atoms with Gasteiger partial charge in [0.2, 0.25) is 5.91 Å². The van der Waals surface area contributed by atoms with Crippen molar-refractivity contribution in [3.8, 4) is 0 Å². The fourth-order valence-corrected chi connectivity index (χ4v) is 2.28. The minimum atomic E-state index is 0.0566. The number of nitrogens with one attached hydrogen (secondary N) is 2. The molecule has 1 aliphatic heterocycles. The first-order valence-corrected chi connectivity index (χ1v) is 7.60. The number of hydrogen-bond acceptors (Lipinski definition) is 4. The van der Waals surface area contributed by atoms with Gasteiger partial charge in [-0.1, -0.05) is 13.8 Å². The SMILES string of the molecule is CC(C)CCOCCNc1cc2c(cc1N)NC(=O)CC2. The van der Waals surface area contributed by atoms with Crippen LogP contribution in [0.3, 0.4) is 0 Å². The normalized spacial score (nSPS) is 14.0. The van der Waals surface area contributed by atoms with Gasteiger partial charge in [0.05, 0.1) is 18.0 Å². The zero-order chi connectivity index (χ0) is 15.2. The van der Waals surface area contributed by atoms with E-state index in [0.29, 0.717) is 24.6 Å². The molecule has 0 saturated heterocycles. The first-order valence-electron chi connectivity index (χ1n) is 7.60. The Bertz CT molecular complexity index is 501. The van der Waals surface area contributed by atoms with Crippen LogP contribution in [0.2, 0.25) is 0 Å². The number of benzene rings is 1. The summed E-state index contributed by atoms with van der Waals surface area (Å²) in [4.78, 5) is 11.4. The van der Waals surface area contributed by atoms with Crippen molar-refractivity contribution in [1.82, 2.24) is 0 Å². The molecule has 0 atom stereocenters. The fourth-order valence-electron chi connectivity index (χ4n) is 2.28. The van der Waals surface area contributed by atoms with E-state index in [0.717, 1.165) is 42.9 Å². The van der Waals surface area contributed by atoms with Crippen molar-refractivity contribution < 1.29 is 9.53 Å². The monoisotopic (exact) mass is 291 g/mol. The van der Waals surface area contributed by atoms with Crippen molar-refractivity contribution in [1.29, 1.82) is 0 Å². The molecule has 0 aliphatic carbocycles. The van der Waals surface area contributed by atoms with E-state index in [1.165, 1.54) is 0 Å². The van der Waals surface area contributed by atoms with Gasteiger partial charge in [-0.2, -0.15) is 0 Å². The van der Waals surface area contributed by atoms with Crippen molar-refractivity contribution in [2.75, 3.05) is 36.1 Å². The van der Waals surface area contributed by atoms with Crippen LogP contribution in [0.25, 0.3) is 0 Å². The van der Waals surface area contributed by atoms with Gasteiger partial charge in [-0.3, -0.25) is 4.79 Å². The average Bonchev–Trinajstić information content (AvgIpc) is 2.42. The van der Waals surface area contributed by atoms with Crippen molar-refractivity contribution >= 4 is 23.0 Å². The predicted octanol–water partition coefficient (Wildman–Crippen LogP) is 2.63. The molecule has 2 rings (SSSR count). The Morgan fingerprint density at radius 2 is 2.14 bits per heavy atom. The summed E-state index contributed by atoms with van der Waals surface area (Å²) in [6.45, 7) is 6.57. The maximum absolute atomic E-state index is 11.4. The van der Waals surface area contributed by atoms with Crippen LogP contribution in [-0.2, 0) is 16.0 Å². The van der Waals surface area contributed by atoms with E-state index >= 15 is 0 Å². The molecule has 0 fully saturated rings. The second kappa shape index (κ2) is 7.31. The zero-order valence-electron chi connectivity index (χ0n) is 12.9. The van der Waals surface area contributed by atoms with E-state index in [1.54, 1.807) is 0 Å². The highest BCUT2D eigenvalue weighted by Crippen LogP contribution is 2.30. The van der Waals surface area contributed by atoms with Crippen molar-refractivity contribution in [2.45, 2.75) is 33.1 Å². The molecule has 0 bridgehead atoms. The third-order valence-corrected chi connectivity index (χ3v) is 3.57. The van der Waals surface area contributed by atoms with E-state index in [2.05, 4.69) is 24.5 Å². The molecule has 0 aromatic heterocycles. The van der Waals surface area contributed by atoms with Crippen LogP contribution in [0.15, 0.2) is 12.1 Å². The molecule has 0 unspecified atom stereocenters. The predicted molar refractivity (Wildman–Crippen MR) is 86.6 cm³/mol. The molecule has 5 heteroatoms. The number of nitrogen functional groups attached to an aromatic ring is 1. The maximum atomic E-state index is 11.4. The third-order valence-electron chi connectivity index (χ3n) is 3.57. The molecule has 0 radical (unpaired) electrons. The molecule has 116 valence electrons. The molecule has 4 N–H and O–H groups in total. The topological polar surface area (TPSA) is 76.4 Å². The van der Waals surface area contributed by atoms with Crippen LogP contribution >= 0.6 is 0 Å². The van der Waals surface area contributed by atoms with E-state index in [9.17, 15) is 4.79 Å². The highest BCUT2D eigenvalue weighted by atomic mass is 16.5. The van der Waals surface area contributed by atoms with Crippen LogP contribution in [-0.4, -0.2) is 25.7 Å². The molecule has 0 saturated carbocycles. The lowest BCUT2D eigenvalue weighted by Crippen LogP contribution is -2.20. The molecule has 5 nitrogen and oxygen atoms in total. The number of hydrogen-bond donors (Lipinski definition) is 3. The minimum Gasteiger partial charge on any atom is -0.397 e. The highest BCUT2D eigenvalue weighted by Gasteiger charge is 2.16. The van der Waals surface area contributed by atoms with E-state index in [4.69, 9.17) is 10.5 Å². The maximum Gasteiger partial charge on any atom is 0.224 e. The van der Waals surface area contributed by atoms with Crippen LogP contribution in [0.1, 0.15) is 32.3 Å². The number of carbonyl (C=O) groups is 1. The Labute approximate surface area is 126 Å². The van der Waals surface area contributed by atoms with Gasteiger partial charge in [-0.05, 0) is 36.5 Å². The van der Waals surface area contributed by atoms with Crippen molar-refractivity contribution in [3.05, 3.63) is 17.7 Å². The van der Waals surface area contributed by atoms with E-state index in [1.807, 2.05) is 12.1 Å². The molecule has 1 heterocycles. The largest absolute Gasteiger partial charge is 0.397 e. The number of rotatable bonds is 7. The summed E-state index contributed by atoms with van der Waals surface area (Å²) in [5.41, 5.74) is 9.55. The van der Waals surface area contributed by atoms with Crippen molar-refractivity contribution in [3.63, 3.8) is 0 Å². The lowest BCUT2D eigenvalue weighted by molar-refractivity contribution is -0.116. The number of anilines is 3. The number of fused-ring (bicyclic) bond motifs is 1. The lowest BCUT2D eigenvalue weighted by atomic mass is 10.0. The Morgan fingerprint density at radius 1 is 1.33 bits per heavy atom. The van der Waals surface area contributed by atoms with E-state index in [-0.39, 0.29) is 5.91 Å². The zero-order valence-corrected chi connectivity index (χ0v) is 12.9. The van der Waals surface area contributed by atoms with Crippen LogP contribution in [0, 0.1) is 5.92 Å². The second-order valence-corrected chi connectivity index (χ2v) is 5.87. The van der Waals surface area contributed by atoms with Gasteiger partial charge in [0.25, 0.3) is 0 Å². The van der Waals surface area contributed by atoms with E-state index < -0.39 is 0 Å². The average molecular weight is 291 g/mol. The lowest BCUT2D eigenvalue weighted by Gasteiger charge is -2.19. The minimum absolute atomic E-state index is 0.0566. The molecule has 0 spiro atoms. The van der Waals surface area contributed by atoms with Crippen LogP contribution < -0.4 is 16.4 Å². The summed E-state index contributed by atoms with van der Waals surface area (Å²) in [5, 5.41) is 6.15. The molecule has 21 heavy (non-hydrogen) atoms. The van der Waals surface area contributed by atoms with Crippen LogP contribution in [0.4, 0.5) is 17.1 Å². The quantitative estimate of drug-likeness (QED) is 0.533. The number of ether oxygens (including phenoxy) is 1. The van der Waals surface area contributed by atoms with Gasteiger partial charge in [-0.15, -0.1) is 0 Å². The summed E-state index contributed by atoms with van der Waals surface area (Å²) in [6.07, 6.45) is 2.39. The van der Waals surface area contributed by atoms with Gasteiger partial charge in [0.1, 0.15) is 0 Å². The summed E-state index contributed by atoms with van der Waals surface area (Å²) < 4.78 is 5.57. The number of amides is 1. The molecular weight excluding hydrogens is 266 g/mol. The third kappa shape index (κ3) is 4.63. The molecule has 1 aromatic carbocycles.